The molecule has 134 valence electrons. The van der Waals surface area contributed by atoms with E-state index < -0.39 is 10.0 Å². The minimum absolute atomic E-state index is 0.408. The topological polar surface area (TPSA) is 73.5 Å². The molecule has 0 saturated carbocycles. The van der Waals surface area contributed by atoms with Crippen LogP contribution in [0, 0.1) is 5.92 Å². The van der Waals surface area contributed by atoms with Crippen LogP contribution in [-0.2, 0) is 16.6 Å². The molecule has 6 nitrogen and oxygen atoms in total. The van der Waals surface area contributed by atoms with E-state index in [4.69, 9.17) is 0 Å². The predicted octanol–water partition coefficient (Wildman–Crippen LogP) is 1.06. The van der Waals surface area contributed by atoms with E-state index in [1.54, 1.807) is 16.4 Å². The molecule has 0 aromatic heterocycles. The van der Waals surface area contributed by atoms with Gasteiger partial charge in [0, 0.05) is 44.7 Å². The zero-order valence-corrected chi connectivity index (χ0v) is 15.1. The first-order valence-electron chi connectivity index (χ1n) is 8.85. The summed E-state index contributed by atoms with van der Waals surface area (Å²) in [5, 5.41) is 3.46. The molecule has 0 aliphatic carbocycles. The van der Waals surface area contributed by atoms with Gasteiger partial charge in [0.2, 0.25) is 10.0 Å². The normalized spacial score (nSPS) is 25.9. The maximum absolute atomic E-state index is 12.6. The number of nitrogens with zero attached hydrogens (tertiary/aromatic N) is 1. The van der Waals surface area contributed by atoms with Crippen molar-refractivity contribution in [3.05, 3.63) is 29.8 Å². The van der Waals surface area contributed by atoms with Gasteiger partial charge in [-0.1, -0.05) is 18.6 Å². The average Bonchev–Trinajstić information content (AvgIpc) is 3.01. The second-order valence-corrected chi connectivity index (χ2v) is 8.75. The van der Waals surface area contributed by atoms with E-state index in [2.05, 4.69) is 23.1 Å². The molecule has 2 saturated heterocycles. The van der Waals surface area contributed by atoms with Crippen molar-refractivity contribution in [3.63, 3.8) is 0 Å². The Kier molecular flexibility index (Phi) is 5.89. The molecule has 2 aliphatic rings. The summed E-state index contributed by atoms with van der Waals surface area (Å²) in [6, 6.07) is 7.77. The Hall–Kier alpha value is -0.990. The molecule has 0 radical (unpaired) electrons. The maximum Gasteiger partial charge on any atom is 0.243 e. The maximum atomic E-state index is 12.6. The number of nitrogens with one attached hydrogen (secondary N) is 3. The fraction of sp³-hybridized carbons (Fsp3) is 0.647. The quantitative estimate of drug-likeness (QED) is 0.714. The molecule has 1 aromatic rings. The van der Waals surface area contributed by atoms with Crippen molar-refractivity contribution in [2.45, 2.75) is 43.7 Å². The van der Waals surface area contributed by atoms with Crippen molar-refractivity contribution in [2.75, 3.05) is 26.2 Å². The lowest BCUT2D eigenvalue weighted by Gasteiger charge is -2.25. The molecule has 2 fully saturated rings. The summed E-state index contributed by atoms with van der Waals surface area (Å²) in [6.45, 7) is 6.14. The van der Waals surface area contributed by atoms with Crippen molar-refractivity contribution >= 4 is 10.0 Å². The largest absolute Gasteiger partial charge is 0.312 e. The van der Waals surface area contributed by atoms with Gasteiger partial charge in [-0.2, -0.15) is 4.31 Å². The summed E-state index contributed by atoms with van der Waals surface area (Å²) >= 11 is 0. The van der Waals surface area contributed by atoms with E-state index in [0.717, 1.165) is 44.5 Å². The van der Waals surface area contributed by atoms with Crippen LogP contribution in [0.25, 0.3) is 0 Å². The molecule has 3 N–H and O–H groups in total. The highest BCUT2D eigenvalue weighted by Gasteiger charge is 2.25. The molecule has 2 aliphatic heterocycles. The molecule has 2 heterocycles. The third-order valence-corrected chi connectivity index (χ3v) is 6.93. The first-order chi connectivity index (χ1) is 11.6. The zero-order valence-electron chi connectivity index (χ0n) is 14.3. The SMILES string of the molecule is CC1NNCC1CNCc1ccc(S(=O)(=O)N2CCCCC2)cc1. The van der Waals surface area contributed by atoms with Crippen molar-refractivity contribution in [1.82, 2.24) is 20.5 Å². The van der Waals surface area contributed by atoms with Crippen LogP contribution in [0.3, 0.4) is 0 Å². The van der Waals surface area contributed by atoms with E-state index in [1.807, 2.05) is 12.1 Å². The fourth-order valence-corrected chi connectivity index (χ4v) is 4.85. The van der Waals surface area contributed by atoms with Crippen molar-refractivity contribution < 1.29 is 8.42 Å². The Balaban J connectivity index is 1.54. The van der Waals surface area contributed by atoms with Crippen LogP contribution in [0.15, 0.2) is 29.2 Å². The van der Waals surface area contributed by atoms with Crippen molar-refractivity contribution in [2.24, 2.45) is 5.92 Å². The van der Waals surface area contributed by atoms with Gasteiger partial charge in [-0.3, -0.25) is 10.9 Å². The van der Waals surface area contributed by atoms with Gasteiger partial charge in [-0.05, 0) is 37.5 Å². The minimum atomic E-state index is -3.32. The molecular formula is C17H28N4O2S. The fourth-order valence-electron chi connectivity index (χ4n) is 3.33. The van der Waals surface area contributed by atoms with Gasteiger partial charge in [-0.25, -0.2) is 8.42 Å². The van der Waals surface area contributed by atoms with Crippen LogP contribution in [0.1, 0.15) is 31.7 Å². The van der Waals surface area contributed by atoms with Crippen LogP contribution >= 0.6 is 0 Å². The van der Waals surface area contributed by atoms with E-state index in [9.17, 15) is 8.42 Å². The molecule has 3 rings (SSSR count). The molecular weight excluding hydrogens is 324 g/mol. The van der Waals surface area contributed by atoms with Gasteiger partial charge in [0.1, 0.15) is 0 Å². The van der Waals surface area contributed by atoms with Crippen LogP contribution < -0.4 is 16.2 Å². The van der Waals surface area contributed by atoms with Crippen LogP contribution in [0.5, 0.6) is 0 Å². The summed E-state index contributed by atoms with van der Waals surface area (Å²) in [5.74, 6) is 0.573. The van der Waals surface area contributed by atoms with Crippen LogP contribution in [-0.4, -0.2) is 44.9 Å². The summed E-state index contributed by atoms with van der Waals surface area (Å²) < 4.78 is 26.9. The Bertz CT molecular complexity index is 626. The highest BCUT2D eigenvalue weighted by Crippen LogP contribution is 2.20. The van der Waals surface area contributed by atoms with Crippen molar-refractivity contribution in [1.29, 1.82) is 0 Å². The first kappa shape index (κ1) is 17.8. The Morgan fingerprint density at radius 2 is 1.88 bits per heavy atom. The number of sulfonamides is 1. The van der Waals surface area contributed by atoms with Crippen LogP contribution in [0.4, 0.5) is 0 Å². The molecule has 2 unspecified atom stereocenters. The summed E-state index contributed by atoms with van der Waals surface area (Å²) in [5.41, 5.74) is 7.49. The van der Waals surface area contributed by atoms with Gasteiger partial charge in [0.25, 0.3) is 0 Å². The summed E-state index contributed by atoms with van der Waals surface area (Å²) in [4.78, 5) is 0.408. The van der Waals surface area contributed by atoms with Gasteiger partial charge < -0.3 is 5.32 Å². The number of hydrogen-bond donors (Lipinski definition) is 3. The number of hydrazine groups is 1. The standard InChI is InChI=1S/C17H28N4O2S/c1-14-16(13-19-20-14)12-18-11-15-5-7-17(8-6-15)24(22,23)21-9-3-2-4-10-21/h5-8,14,16,18-20H,2-4,9-13H2,1H3. The number of piperidine rings is 1. The van der Waals surface area contributed by atoms with Gasteiger partial charge in [-0.15, -0.1) is 0 Å². The lowest BCUT2D eigenvalue weighted by molar-refractivity contribution is 0.346. The Labute approximate surface area is 145 Å². The van der Waals surface area contributed by atoms with Gasteiger partial charge >= 0.3 is 0 Å². The van der Waals surface area contributed by atoms with E-state index in [1.165, 1.54) is 0 Å². The lowest BCUT2D eigenvalue weighted by Crippen LogP contribution is -2.35. The monoisotopic (exact) mass is 352 g/mol. The first-order valence-corrected chi connectivity index (χ1v) is 10.3. The summed E-state index contributed by atoms with van der Waals surface area (Å²) in [7, 11) is -3.32. The van der Waals surface area contributed by atoms with Crippen molar-refractivity contribution in [3.8, 4) is 0 Å². The molecule has 2 atom stereocenters. The van der Waals surface area contributed by atoms with E-state index >= 15 is 0 Å². The summed E-state index contributed by atoms with van der Waals surface area (Å²) in [6.07, 6.45) is 3.05. The number of hydrogen-bond acceptors (Lipinski definition) is 5. The smallest absolute Gasteiger partial charge is 0.243 e. The zero-order chi connectivity index (χ0) is 17.0. The lowest BCUT2D eigenvalue weighted by atomic mass is 10.0. The number of rotatable bonds is 6. The third-order valence-electron chi connectivity index (χ3n) is 5.01. The highest BCUT2D eigenvalue weighted by molar-refractivity contribution is 7.89. The Morgan fingerprint density at radius 1 is 1.17 bits per heavy atom. The van der Waals surface area contributed by atoms with Gasteiger partial charge in [0.15, 0.2) is 0 Å². The molecule has 0 spiro atoms. The minimum Gasteiger partial charge on any atom is -0.312 e. The highest BCUT2D eigenvalue weighted by atomic mass is 32.2. The molecule has 24 heavy (non-hydrogen) atoms. The second kappa shape index (κ2) is 7.93. The molecule has 1 aromatic carbocycles. The third kappa shape index (κ3) is 4.15. The van der Waals surface area contributed by atoms with Gasteiger partial charge in [0.05, 0.1) is 4.90 Å². The second-order valence-electron chi connectivity index (χ2n) is 6.81. The average molecular weight is 353 g/mol. The van der Waals surface area contributed by atoms with E-state index in [-0.39, 0.29) is 0 Å². The predicted molar refractivity (Wildman–Crippen MR) is 94.8 cm³/mol. The molecule has 0 bridgehead atoms. The van der Waals surface area contributed by atoms with Crippen LogP contribution in [0.2, 0.25) is 0 Å². The molecule has 7 heteroatoms. The van der Waals surface area contributed by atoms with E-state index in [0.29, 0.717) is 29.9 Å². The Morgan fingerprint density at radius 3 is 2.50 bits per heavy atom. The molecule has 0 amide bonds. The number of benzene rings is 1.